The Kier molecular flexibility index (Phi) is 7.47. The fourth-order valence-electron chi connectivity index (χ4n) is 4.71. The Hall–Kier alpha value is -3.54. The summed E-state index contributed by atoms with van der Waals surface area (Å²) in [5.74, 6) is 1.22. The van der Waals surface area contributed by atoms with Crippen molar-refractivity contribution in [2.45, 2.75) is 19.5 Å². The lowest BCUT2D eigenvalue weighted by molar-refractivity contribution is 0.0976. The highest BCUT2D eigenvalue weighted by Crippen LogP contribution is 2.19. The number of piperazine rings is 1. The minimum Gasteiger partial charge on any atom is -0.326 e. The Morgan fingerprint density at radius 3 is 2.23 bits per heavy atom. The van der Waals surface area contributed by atoms with E-state index in [-0.39, 0.29) is 5.78 Å². The van der Waals surface area contributed by atoms with Crippen LogP contribution in [0.2, 0.25) is 0 Å². The summed E-state index contributed by atoms with van der Waals surface area (Å²) in [6.45, 7) is 6.56. The first kappa shape index (κ1) is 23.2. The molecule has 0 spiro atoms. The highest BCUT2D eigenvalue weighted by Gasteiger charge is 2.20. The molecule has 0 amide bonds. The van der Waals surface area contributed by atoms with Crippen molar-refractivity contribution in [1.29, 1.82) is 0 Å². The minimum atomic E-state index is 0.173. The van der Waals surface area contributed by atoms with Crippen molar-refractivity contribution in [2.24, 2.45) is 0 Å². The van der Waals surface area contributed by atoms with Crippen LogP contribution in [0.1, 0.15) is 28.2 Å². The summed E-state index contributed by atoms with van der Waals surface area (Å²) in [4.78, 5) is 22.7. The number of fused-ring (bicyclic) bond motifs is 1. The second-order valence-corrected chi connectivity index (χ2v) is 9.10. The summed E-state index contributed by atoms with van der Waals surface area (Å²) in [6, 6.07) is 28.3. The van der Waals surface area contributed by atoms with Crippen LogP contribution in [0.5, 0.6) is 0 Å². The molecule has 0 saturated carbocycles. The van der Waals surface area contributed by atoms with Gasteiger partial charge in [-0.1, -0.05) is 84.9 Å². The van der Waals surface area contributed by atoms with E-state index < -0.39 is 0 Å². The van der Waals surface area contributed by atoms with Crippen molar-refractivity contribution in [3.05, 3.63) is 108 Å². The van der Waals surface area contributed by atoms with Gasteiger partial charge in [-0.3, -0.25) is 14.6 Å². The van der Waals surface area contributed by atoms with Crippen molar-refractivity contribution < 1.29 is 4.79 Å². The van der Waals surface area contributed by atoms with E-state index in [0.717, 1.165) is 61.7 Å². The van der Waals surface area contributed by atoms with Gasteiger partial charge in [-0.15, -0.1) is 0 Å². The first-order valence-corrected chi connectivity index (χ1v) is 12.4. The second-order valence-electron chi connectivity index (χ2n) is 9.10. The van der Waals surface area contributed by atoms with Gasteiger partial charge in [-0.25, -0.2) is 4.98 Å². The van der Waals surface area contributed by atoms with Crippen molar-refractivity contribution in [3.63, 3.8) is 0 Å². The molecule has 0 atom stereocenters. The predicted octanol–water partition coefficient (Wildman–Crippen LogP) is 5.14. The van der Waals surface area contributed by atoms with Crippen LogP contribution >= 0.6 is 0 Å². The number of aromatic nitrogens is 2. The molecule has 1 aliphatic rings. The third kappa shape index (κ3) is 5.94. The van der Waals surface area contributed by atoms with Gasteiger partial charge in [0, 0.05) is 51.3 Å². The highest BCUT2D eigenvalue weighted by atomic mass is 16.1. The summed E-state index contributed by atoms with van der Waals surface area (Å²) in [5.41, 5.74) is 4.12. The zero-order chi connectivity index (χ0) is 23.9. The van der Waals surface area contributed by atoms with Gasteiger partial charge in [-0.2, -0.15) is 0 Å². The lowest BCUT2D eigenvalue weighted by Gasteiger charge is -2.34. The van der Waals surface area contributed by atoms with Crippen LogP contribution in [0.25, 0.3) is 17.1 Å². The molecule has 1 aromatic heterocycles. The summed E-state index contributed by atoms with van der Waals surface area (Å²) in [7, 11) is 0. The number of hydrogen-bond donors (Lipinski definition) is 0. The predicted molar refractivity (Wildman–Crippen MR) is 142 cm³/mol. The van der Waals surface area contributed by atoms with Gasteiger partial charge in [0.25, 0.3) is 0 Å². The number of hydrogen-bond acceptors (Lipinski definition) is 4. The molecule has 5 rings (SSSR count). The molecular formula is C30H32N4O. The number of imidazole rings is 1. The molecule has 5 nitrogen and oxygen atoms in total. The Balaban J connectivity index is 1.20. The van der Waals surface area contributed by atoms with Crippen LogP contribution in [0.15, 0.2) is 91.0 Å². The molecule has 3 aromatic carbocycles. The summed E-state index contributed by atoms with van der Waals surface area (Å²) >= 11 is 0. The first-order chi connectivity index (χ1) is 17.3. The van der Waals surface area contributed by atoms with Gasteiger partial charge >= 0.3 is 0 Å². The van der Waals surface area contributed by atoms with Crippen LogP contribution < -0.4 is 0 Å². The van der Waals surface area contributed by atoms with E-state index in [1.165, 1.54) is 5.56 Å². The second kappa shape index (κ2) is 11.3. The molecule has 1 fully saturated rings. The molecular weight excluding hydrogens is 432 g/mol. The van der Waals surface area contributed by atoms with E-state index in [0.29, 0.717) is 13.0 Å². The number of nitrogens with zero attached hydrogens (tertiary/aromatic N) is 4. The normalized spacial score (nSPS) is 15.2. The molecule has 0 aliphatic carbocycles. The number of ketones is 1. The maximum atomic E-state index is 12.7. The first-order valence-electron chi connectivity index (χ1n) is 12.4. The van der Waals surface area contributed by atoms with E-state index >= 15 is 0 Å². The van der Waals surface area contributed by atoms with Gasteiger partial charge in [0.2, 0.25) is 0 Å². The molecule has 5 heteroatoms. The van der Waals surface area contributed by atoms with Crippen LogP contribution in [-0.2, 0) is 13.1 Å². The molecule has 0 radical (unpaired) electrons. The van der Waals surface area contributed by atoms with E-state index in [1.807, 2.05) is 48.5 Å². The molecule has 35 heavy (non-hydrogen) atoms. The molecule has 0 N–H and O–H groups in total. The molecule has 4 aromatic rings. The van der Waals surface area contributed by atoms with Crippen LogP contribution in [0.4, 0.5) is 0 Å². The largest absolute Gasteiger partial charge is 0.326 e. The monoisotopic (exact) mass is 464 g/mol. The molecule has 0 bridgehead atoms. The fourth-order valence-corrected chi connectivity index (χ4v) is 4.71. The van der Waals surface area contributed by atoms with E-state index in [2.05, 4.69) is 62.9 Å². The maximum absolute atomic E-state index is 12.7. The zero-order valence-electron chi connectivity index (χ0n) is 20.1. The highest BCUT2D eigenvalue weighted by molar-refractivity contribution is 5.96. The topological polar surface area (TPSA) is 41.4 Å². The van der Waals surface area contributed by atoms with E-state index in [4.69, 9.17) is 4.98 Å². The van der Waals surface area contributed by atoms with Crippen molar-refractivity contribution >= 4 is 22.9 Å². The number of carbonyl (C=O) groups is 1. The van der Waals surface area contributed by atoms with E-state index in [9.17, 15) is 4.79 Å². The standard InChI is InChI=1S/C30H32N4O/c35-29(26-13-5-2-6-14-26)17-19-34-28-16-8-7-15-27(28)31-30(34)24-33-22-20-32(21-23-33)18-9-12-25-10-3-1-4-11-25/h1-16H,17-24H2/b12-9-. The SMILES string of the molecule is O=C(CCn1c(CN2CCN(C/C=C\c3ccccc3)CC2)nc2ccccc21)c1ccccc1. The third-order valence-electron chi connectivity index (χ3n) is 6.70. The van der Waals surface area contributed by atoms with Crippen molar-refractivity contribution in [2.75, 3.05) is 32.7 Å². The summed E-state index contributed by atoms with van der Waals surface area (Å²) in [5, 5.41) is 0. The Morgan fingerprint density at radius 2 is 1.46 bits per heavy atom. The van der Waals surface area contributed by atoms with Gasteiger partial charge in [0.05, 0.1) is 17.6 Å². The average Bonchev–Trinajstić information content (AvgIpc) is 3.26. The number of aryl methyl sites for hydroxylation is 1. The fraction of sp³-hybridized carbons (Fsp3) is 0.267. The number of para-hydroxylation sites is 2. The van der Waals surface area contributed by atoms with Crippen molar-refractivity contribution in [1.82, 2.24) is 19.4 Å². The summed E-state index contributed by atoms with van der Waals surface area (Å²) < 4.78 is 2.24. The lowest BCUT2D eigenvalue weighted by atomic mass is 10.1. The van der Waals surface area contributed by atoms with Gasteiger partial charge in [0.15, 0.2) is 5.78 Å². The Morgan fingerprint density at radius 1 is 0.800 bits per heavy atom. The smallest absolute Gasteiger partial charge is 0.164 e. The van der Waals surface area contributed by atoms with Gasteiger partial charge in [0.1, 0.15) is 5.82 Å². The Labute approximate surface area is 207 Å². The van der Waals surface area contributed by atoms with Crippen molar-refractivity contribution in [3.8, 4) is 0 Å². The minimum absolute atomic E-state index is 0.173. The van der Waals surface area contributed by atoms with E-state index in [1.54, 1.807) is 0 Å². The third-order valence-corrected chi connectivity index (χ3v) is 6.70. The molecule has 1 aliphatic heterocycles. The number of rotatable bonds is 9. The van der Waals surface area contributed by atoms with Gasteiger partial charge < -0.3 is 4.57 Å². The average molecular weight is 465 g/mol. The molecule has 178 valence electrons. The lowest BCUT2D eigenvalue weighted by Crippen LogP contribution is -2.46. The number of Topliss-reactive ketones (excluding diaryl/α,β-unsaturated/α-hetero) is 1. The Bertz CT molecular complexity index is 1270. The molecule has 2 heterocycles. The maximum Gasteiger partial charge on any atom is 0.164 e. The van der Waals surface area contributed by atoms with Crippen LogP contribution in [0, 0.1) is 0 Å². The quantitative estimate of drug-likeness (QED) is 0.322. The van der Waals surface area contributed by atoms with Crippen LogP contribution in [-0.4, -0.2) is 57.9 Å². The summed E-state index contributed by atoms with van der Waals surface area (Å²) in [6.07, 6.45) is 4.93. The zero-order valence-corrected chi connectivity index (χ0v) is 20.1. The van der Waals surface area contributed by atoms with Crippen LogP contribution in [0.3, 0.4) is 0 Å². The molecule has 1 saturated heterocycles. The molecule has 0 unspecified atom stereocenters. The van der Waals surface area contributed by atoms with Gasteiger partial charge in [-0.05, 0) is 17.7 Å². The number of benzene rings is 3. The number of carbonyl (C=O) groups excluding carboxylic acids is 1.